The van der Waals surface area contributed by atoms with Crippen molar-refractivity contribution in [2.45, 2.75) is 51.9 Å². The van der Waals surface area contributed by atoms with Crippen LogP contribution < -0.4 is 5.32 Å². The molecule has 17 heavy (non-hydrogen) atoms. The van der Waals surface area contributed by atoms with Gasteiger partial charge in [-0.25, -0.2) is 0 Å². The van der Waals surface area contributed by atoms with Crippen molar-refractivity contribution in [3.8, 4) is 0 Å². The lowest BCUT2D eigenvalue weighted by Crippen LogP contribution is -2.13. The van der Waals surface area contributed by atoms with E-state index in [-0.39, 0.29) is 0 Å². The van der Waals surface area contributed by atoms with Crippen LogP contribution >= 0.6 is 0 Å². The van der Waals surface area contributed by atoms with Crippen LogP contribution in [0.2, 0.25) is 0 Å². The normalized spacial score (nSPS) is 13.9. The van der Waals surface area contributed by atoms with Gasteiger partial charge in [0, 0.05) is 0 Å². The molecule has 0 fully saturated rings. The molecule has 0 atom stereocenters. The Morgan fingerprint density at radius 1 is 1.06 bits per heavy atom. The van der Waals surface area contributed by atoms with Gasteiger partial charge in [0.05, 0.1) is 0 Å². The summed E-state index contributed by atoms with van der Waals surface area (Å²) in [5.41, 5.74) is 4.77. The summed E-state index contributed by atoms with van der Waals surface area (Å²) >= 11 is 0. The summed E-state index contributed by atoms with van der Waals surface area (Å²) in [4.78, 5) is 0. The first-order valence-electron chi connectivity index (χ1n) is 7.21. The van der Waals surface area contributed by atoms with Crippen molar-refractivity contribution in [1.82, 2.24) is 5.32 Å². The molecule has 1 aliphatic carbocycles. The minimum Gasteiger partial charge on any atom is -0.317 e. The third kappa shape index (κ3) is 3.85. The van der Waals surface area contributed by atoms with Gasteiger partial charge in [-0.2, -0.15) is 0 Å². The largest absolute Gasteiger partial charge is 0.317 e. The second-order valence-electron chi connectivity index (χ2n) is 5.12. The zero-order valence-corrected chi connectivity index (χ0v) is 11.1. The lowest BCUT2D eigenvalue weighted by molar-refractivity contribution is 0.616. The SMILES string of the molecule is CCNCCCCCc1ccc2c(c1)CCC2. The van der Waals surface area contributed by atoms with Crippen molar-refractivity contribution in [2.24, 2.45) is 0 Å². The van der Waals surface area contributed by atoms with Crippen LogP contribution in [0.4, 0.5) is 0 Å². The highest BCUT2D eigenvalue weighted by Crippen LogP contribution is 2.23. The van der Waals surface area contributed by atoms with Gasteiger partial charge in [-0.1, -0.05) is 31.5 Å². The van der Waals surface area contributed by atoms with Gasteiger partial charge >= 0.3 is 0 Å². The third-order valence-corrected chi connectivity index (χ3v) is 3.73. The summed E-state index contributed by atoms with van der Waals surface area (Å²) in [6.07, 6.45) is 9.25. The second kappa shape index (κ2) is 6.80. The molecule has 1 N–H and O–H groups in total. The van der Waals surface area contributed by atoms with E-state index < -0.39 is 0 Å². The smallest absolute Gasteiger partial charge is 0.00490 e. The molecular weight excluding hydrogens is 206 g/mol. The Morgan fingerprint density at radius 2 is 1.94 bits per heavy atom. The Balaban J connectivity index is 1.69. The molecule has 0 aliphatic heterocycles. The highest BCUT2D eigenvalue weighted by molar-refractivity contribution is 5.35. The van der Waals surface area contributed by atoms with Crippen molar-refractivity contribution in [2.75, 3.05) is 13.1 Å². The molecule has 94 valence electrons. The van der Waals surface area contributed by atoms with Crippen LogP contribution in [0, 0.1) is 0 Å². The van der Waals surface area contributed by atoms with Crippen LogP contribution in [-0.4, -0.2) is 13.1 Å². The first-order valence-corrected chi connectivity index (χ1v) is 7.21. The number of hydrogen-bond acceptors (Lipinski definition) is 1. The standard InChI is InChI=1S/C16H25N/c1-2-17-12-5-3-4-7-14-10-11-15-8-6-9-16(15)13-14/h10-11,13,17H,2-9,12H2,1H3. The predicted molar refractivity (Wildman–Crippen MR) is 74.6 cm³/mol. The zero-order chi connectivity index (χ0) is 11.9. The van der Waals surface area contributed by atoms with Crippen molar-refractivity contribution in [3.05, 3.63) is 34.9 Å². The maximum absolute atomic E-state index is 3.38. The van der Waals surface area contributed by atoms with Crippen molar-refractivity contribution in [1.29, 1.82) is 0 Å². The van der Waals surface area contributed by atoms with Gasteiger partial charge in [0.2, 0.25) is 0 Å². The molecule has 1 aliphatic rings. The average molecular weight is 231 g/mol. The van der Waals surface area contributed by atoms with Gasteiger partial charge in [0.15, 0.2) is 0 Å². The number of benzene rings is 1. The fraction of sp³-hybridized carbons (Fsp3) is 0.625. The van der Waals surface area contributed by atoms with Crippen LogP contribution in [0.25, 0.3) is 0 Å². The van der Waals surface area contributed by atoms with E-state index in [0.29, 0.717) is 0 Å². The van der Waals surface area contributed by atoms with Gasteiger partial charge in [-0.3, -0.25) is 0 Å². The number of fused-ring (bicyclic) bond motifs is 1. The fourth-order valence-electron chi connectivity index (χ4n) is 2.71. The summed E-state index contributed by atoms with van der Waals surface area (Å²) in [6, 6.07) is 7.15. The number of hydrogen-bond donors (Lipinski definition) is 1. The first-order chi connectivity index (χ1) is 8.40. The maximum atomic E-state index is 3.38. The van der Waals surface area contributed by atoms with Crippen LogP contribution in [0.1, 0.15) is 49.3 Å². The summed E-state index contributed by atoms with van der Waals surface area (Å²) in [7, 11) is 0. The molecule has 0 aromatic heterocycles. The Kier molecular flexibility index (Phi) is 5.06. The molecule has 1 heteroatoms. The van der Waals surface area contributed by atoms with E-state index in [1.807, 2.05) is 0 Å². The van der Waals surface area contributed by atoms with Gasteiger partial charge in [-0.05, 0) is 68.3 Å². The molecule has 0 spiro atoms. The molecule has 1 nitrogen and oxygen atoms in total. The molecule has 1 aromatic carbocycles. The summed E-state index contributed by atoms with van der Waals surface area (Å²) in [6.45, 7) is 4.45. The van der Waals surface area contributed by atoms with Crippen LogP contribution in [-0.2, 0) is 19.3 Å². The Bertz CT molecular complexity index is 343. The van der Waals surface area contributed by atoms with Crippen LogP contribution in [0.3, 0.4) is 0 Å². The molecule has 0 unspecified atom stereocenters. The molecule has 0 saturated carbocycles. The molecular formula is C16H25N. The minimum atomic E-state index is 1.10. The topological polar surface area (TPSA) is 12.0 Å². The number of rotatable bonds is 7. The van der Waals surface area contributed by atoms with E-state index in [0.717, 1.165) is 6.54 Å². The van der Waals surface area contributed by atoms with E-state index in [4.69, 9.17) is 0 Å². The molecule has 0 saturated heterocycles. The van der Waals surface area contributed by atoms with E-state index in [2.05, 4.69) is 30.4 Å². The first kappa shape index (κ1) is 12.6. The molecule has 2 rings (SSSR count). The number of unbranched alkanes of at least 4 members (excludes halogenated alkanes) is 2. The van der Waals surface area contributed by atoms with Gasteiger partial charge in [0.1, 0.15) is 0 Å². The van der Waals surface area contributed by atoms with Gasteiger partial charge < -0.3 is 5.32 Å². The van der Waals surface area contributed by atoms with E-state index >= 15 is 0 Å². The number of aryl methyl sites for hydroxylation is 3. The Hall–Kier alpha value is -0.820. The number of nitrogens with one attached hydrogen (secondary N) is 1. The third-order valence-electron chi connectivity index (χ3n) is 3.73. The zero-order valence-electron chi connectivity index (χ0n) is 11.1. The highest BCUT2D eigenvalue weighted by atomic mass is 14.8. The van der Waals surface area contributed by atoms with Crippen molar-refractivity contribution in [3.63, 3.8) is 0 Å². The molecule has 0 bridgehead atoms. The lowest BCUT2D eigenvalue weighted by Gasteiger charge is -2.05. The van der Waals surface area contributed by atoms with E-state index in [9.17, 15) is 0 Å². The average Bonchev–Trinajstić information content (AvgIpc) is 2.81. The Labute approximate surface area is 106 Å². The van der Waals surface area contributed by atoms with E-state index in [1.165, 1.54) is 51.5 Å². The van der Waals surface area contributed by atoms with Gasteiger partial charge in [-0.15, -0.1) is 0 Å². The predicted octanol–water partition coefficient (Wildman–Crippen LogP) is 3.50. The summed E-state index contributed by atoms with van der Waals surface area (Å²) < 4.78 is 0. The quantitative estimate of drug-likeness (QED) is 0.708. The molecule has 1 aromatic rings. The molecule has 0 amide bonds. The van der Waals surface area contributed by atoms with Crippen molar-refractivity contribution >= 4 is 0 Å². The molecule has 0 heterocycles. The van der Waals surface area contributed by atoms with E-state index in [1.54, 1.807) is 16.7 Å². The minimum absolute atomic E-state index is 1.10. The van der Waals surface area contributed by atoms with Gasteiger partial charge in [0.25, 0.3) is 0 Å². The lowest BCUT2D eigenvalue weighted by atomic mass is 10.0. The second-order valence-corrected chi connectivity index (χ2v) is 5.12. The molecule has 0 radical (unpaired) electrons. The maximum Gasteiger partial charge on any atom is -0.00490 e. The summed E-state index contributed by atoms with van der Waals surface area (Å²) in [5.74, 6) is 0. The summed E-state index contributed by atoms with van der Waals surface area (Å²) in [5, 5.41) is 3.38. The fourth-order valence-corrected chi connectivity index (χ4v) is 2.71. The van der Waals surface area contributed by atoms with Crippen LogP contribution in [0.5, 0.6) is 0 Å². The van der Waals surface area contributed by atoms with Crippen LogP contribution in [0.15, 0.2) is 18.2 Å². The van der Waals surface area contributed by atoms with Crippen molar-refractivity contribution < 1.29 is 0 Å². The Morgan fingerprint density at radius 3 is 2.82 bits per heavy atom. The highest BCUT2D eigenvalue weighted by Gasteiger charge is 2.10. The monoisotopic (exact) mass is 231 g/mol.